The van der Waals surface area contributed by atoms with Crippen LogP contribution in [0, 0.1) is 11.8 Å². The monoisotopic (exact) mass is 554 g/mol. The molecular formula is C26H39BrN2O6. The maximum atomic E-state index is 14.2. The average molecular weight is 556 g/mol. The lowest BCUT2D eigenvalue weighted by atomic mass is 9.70. The third-order valence-corrected chi connectivity index (χ3v) is 8.18. The molecule has 2 bridgehead atoms. The van der Waals surface area contributed by atoms with Gasteiger partial charge >= 0.3 is 5.97 Å². The van der Waals surface area contributed by atoms with Gasteiger partial charge in [-0.25, -0.2) is 0 Å². The molecule has 9 heteroatoms. The minimum absolute atomic E-state index is 0.0526. The Bertz CT molecular complexity index is 842. The number of unbranched alkanes of at least 4 members (excludes halogenated alkanes) is 3. The van der Waals surface area contributed by atoms with E-state index in [4.69, 9.17) is 14.6 Å². The second-order valence-corrected chi connectivity index (χ2v) is 11.8. The summed E-state index contributed by atoms with van der Waals surface area (Å²) in [7, 11) is 0. The number of carbonyl (C=O) groups excluding carboxylic acids is 3. The van der Waals surface area contributed by atoms with Crippen molar-refractivity contribution < 1.29 is 29.0 Å². The Hall–Kier alpha value is -1.71. The van der Waals surface area contributed by atoms with Gasteiger partial charge in [-0.15, -0.1) is 6.58 Å². The third kappa shape index (κ3) is 5.09. The molecule has 1 N–H and O–H groups in total. The Morgan fingerprint density at radius 1 is 1.26 bits per heavy atom. The van der Waals surface area contributed by atoms with Gasteiger partial charge in [-0.1, -0.05) is 47.5 Å². The molecule has 3 fully saturated rings. The number of fused-ring (bicyclic) bond motifs is 1. The van der Waals surface area contributed by atoms with Crippen molar-refractivity contribution >= 4 is 33.7 Å². The Labute approximate surface area is 216 Å². The van der Waals surface area contributed by atoms with Gasteiger partial charge in [0.15, 0.2) is 0 Å². The smallest absolute Gasteiger partial charge is 0.312 e. The molecule has 6 atom stereocenters. The standard InChI is InChI=1S/C26H39BrN2O6/c1-6-12-29(25(3,4)5)23(32)21-26-16-17(27)20(35-26)18(24(33)34-15-7-2)19(26)22(31)28(21)13-10-8-9-11-14-30/h6-7,17-21,30H,1-2,8-16H2,3-5H3/t17?,18-,19+,20-,21?,26?/m1/s1. The number of esters is 1. The predicted octanol–water partition coefficient (Wildman–Crippen LogP) is 2.83. The van der Waals surface area contributed by atoms with Crippen LogP contribution < -0.4 is 0 Å². The molecule has 3 rings (SSSR count). The summed E-state index contributed by atoms with van der Waals surface area (Å²) in [6, 6.07) is -0.834. The SMILES string of the molecule is C=CCOC(=O)[C@H]1[C@@H]2OC3(CC2Br)C(C(=O)N(CC=C)C(C)(C)C)N(CCCCCCO)C(=O)[C@H]13. The van der Waals surface area contributed by atoms with Crippen molar-refractivity contribution in [3.05, 3.63) is 25.3 Å². The molecule has 3 unspecified atom stereocenters. The summed E-state index contributed by atoms with van der Waals surface area (Å²) < 4.78 is 11.9. The van der Waals surface area contributed by atoms with E-state index < -0.39 is 41.1 Å². The quantitative estimate of drug-likeness (QED) is 0.172. The molecule has 196 valence electrons. The summed E-state index contributed by atoms with van der Waals surface area (Å²) in [6.07, 6.45) is 6.17. The number of rotatable bonds is 12. The number of amides is 2. The first-order valence-corrected chi connectivity index (χ1v) is 13.4. The Balaban J connectivity index is 2.00. The average Bonchev–Trinajstić information content (AvgIpc) is 3.38. The normalized spacial score (nSPS) is 31.4. The lowest BCUT2D eigenvalue weighted by Gasteiger charge is -2.42. The van der Waals surface area contributed by atoms with Gasteiger partial charge in [0.1, 0.15) is 18.2 Å². The molecule has 0 aromatic heterocycles. The lowest BCUT2D eigenvalue weighted by Crippen LogP contribution is -2.60. The van der Waals surface area contributed by atoms with Crippen LogP contribution >= 0.6 is 15.9 Å². The van der Waals surface area contributed by atoms with Crippen LogP contribution in [0.3, 0.4) is 0 Å². The van der Waals surface area contributed by atoms with Crippen molar-refractivity contribution in [2.45, 2.75) is 81.0 Å². The molecule has 0 saturated carbocycles. The van der Waals surface area contributed by atoms with Gasteiger partial charge < -0.3 is 24.4 Å². The van der Waals surface area contributed by atoms with Crippen LogP contribution in [0.4, 0.5) is 0 Å². The highest BCUT2D eigenvalue weighted by atomic mass is 79.9. The van der Waals surface area contributed by atoms with E-state index in [-0.39, 0.29) is 29.9 Å². The van der Waals surface area contributed by atoms with Crippen molar-refractivity contribution in [1.82, 2.24) is 9.80 Å². The fraction of sp³-hybridized carbons (Fsp3) is 0.731. The maximum Gasteiger partial charge on any atom is 0.312 e. The van der Waals surface area contributed by atoms with Gasteiger partial charge in [0.25, 0.3) is 0 Å². The summed E-state index contributed by atoms with van der Waals surface area (Å²) in [5, 5.41) is 9.08. The summed E-state index contributed by atoms with van der Waals surface area (Å²) >= 11 is 3.66. The van der Waals surface area contributed by atoms with Gasteiger partial charge in [-0.2, -0.15) is 0 Å². The Morgan fingerprint density at radius 2 is 1.94 bits per heavy atom. The van der Waals surface area contributed by atoms with Crippen molar-refractivity contribution in [1.29, 1.82) is 0 Å². The molecule has 3 aliphatic heterocycles. The lowest BCUT2D eigenvalue weighted by molar-refractivity contribution is -0.154. The number of carbonyl (C=O) groups is 3. The van der Waals surface area contributed by atoms with Crippen LogP contribution in [0.2, 0.25) is 0 Å². The van der Waals surface area contributed by atoms with Crippen LogP contribution in [-0.2, 0) is 23.9 Å². The van der Waals surface area contributed by atoms with E-state index in [2.05, 4.69) is 29.1 Å². The predicted molar refractivity (Wildman–Crippen MR) is 136 cm³/mol. The van der Waals surface area contributed by atoms with E-state index in [1.807, 2.05) is 20.8 Å². The van der Waals surface area contributed by atoms with Gasteiger partial charge in [-0.05, 0) is 40.0 Å². The number of halogens is 1. The first-order chi connectivity index (χ1) is 16.5. The van der Waals surface area contributed by atoms with E-state index in [1.165, 1.54) is 6.08 Å². The molecule has 0 aliphatic carbocycles. The van der Waals surface area contributed by atoms with Crippen molar-refractivity contribution in [3.63, 3.8) is 0 Å². The van der Waals surface area contributed by atoms with E-state index in [1.54, 1.807) is 15.9 Å². The number of alkyl halides is 1. The zero-order chi connectivity index (χ0) is 26.0. The van der Waals surface area contributed by atoms with Crippen molar-refractivity contribution in [2.24, 2.45) is 11.8 Å². The fourth-order valence-electron chi connectivity index (χ4n) is 5.87. The molecule has 2 amide bonds. The molecule has 0 aromatic rings. The highest BCUT2D eigenvalue weighted by molar-refractivity contribution is 9.09. The Kier molecular flexibility index (Phi) is 8.86. The number of aliphatic hydroxyl groups excluding tert-OH is 1. The molecule has 1 spiro atoms. The molecule has 8 nitrogen and oxygen atoms in total. The summed E-state index contributed by atoms with van der Waals surface area (Å²) in [5.41, 5.74) is -1.59. The number of hydrogen-bond donors (Lipinski definition) is 1. The van der Waals surface area contributed by atoms with Crippen LogP contribution in [0.25, 0.3) is 0 Å². The summed E-state index contributed by atoms with van der Waals surface area (Å²) in [6.45, 7) is 14.2. The topological polar surface area (TPSA) is 96.4 Å². The molecule has 35 heavy (non-hydrogen) atoms. The van der Waals surface area contributed by atoms with Crippen LogP contribution in [0.1, 0.15) is 52.9 Å². The van der Waals surface area contributed by atoms with E-state index >= 15 is 0 Å². The second-order valence-electron chi connectivity index (χ2n) is 10.7. The zero-order valence-electron chi connectivity index (χ0n) is 21.1. The number of nitrogens with zero attached hydrogens (tertiary/aromatic N) is 2. The van der Waals surface area contributed by atoms with E-state index in [0.29, 0.717) is 32.4 Å². The van der Waals surface area contributed by atoms with Gasteiger partial charge in [0.05, 0.1) is 17.9 Å². The number of ether oxygens (including phenoxy) is 2. The van der Waals surface area contributed by atoms with Crippen LogP contribution in [0.5, 0.6) is 0 Å². The molecular weight excluding hydrogens is 516 g/mol. The molecule has 0 radical (unpaired) electrons. The molecule has 3 saturated heterocycles. The van der Waals surface area contributed by atoms with Gasteiger partial charge in [0.2, 0.25) is 11.8 Å². The first-order valence-electron chi connectivity index (χ1n) is 12.5. The number of hydrogen-bond acceptors (Lipinski definition) is 6. The van der Waals surface area contributed by atoms with Crippen molar-refractivity contribution in [2.75, 3.05) is 26.3 Å². The van der Waals surface area contributed by atoms with Crippen LogP contribution in [0.15, 0.2) is 25.3 Å². The minimum atomic E-state index is -1.10. The highest BCUT2D eigenvalue weighted by Crippen LogP contribution is 2.60. The summed E-state index contributed by atoms with van der Waals surface area (Å²) in [5.74, 6) is -2.45. The molecule has 3 heterocycles. The Morgan fingerprint density at radius 3 is 2.54 bits per heavy atom. The van der Waals surface area contributed by atoms with Crippen molar-refractivity contribution in [3.8, 4) is 0 Å². The van der Waals surface area contributed by atoms with E-state index in [0.717, 1.165) is 12.8 Å². The zero-order valence-corrected chi connectivity index (χ0v) is 22.7. The number of aliphatic hydroxyl groups is 1. The highest BCUT2D eigenvalue weighted by Gasteiger charge is 2.77. The van der Waals surface area contributed by atoms with Gasteiger partial charge in [0, 0.05) is 30.1 Å². The maximum absolute atomic E-state index is 14.2. The first kappa shape index (κ1) is 27.9. The number of likely N-dealkylation sites (tertiary alicyclic amines) is 1. The van der Waals surface area contributed by atoms with Gasteiger partial charge in [-0.3, -0.25) is 14.4 Å². The largest absolute Gasteiger partial charge is 0.461 e. The summed E-state index contributed by atoms with van der Waals surface area (Å²) in [4.78, 5) is 44.3. The minimum Gasteiger partial charge on any atom is -0.461 e. The van der Waals surface area contributed by atoms with E-state index in [9.17, 15) is 14.4 Å². The third-order valence-electron chi connectivity index (χ3n) is 7.33. The fourth-order valence-corrected chi connectivity index (χ4v) is 6.82. The molecule has 0 aromatic carbocycles. The van der Waals surface area contributed by atoms with Crippen LogP contribution in [-0.4, -0.2) is 87.1 Å². The second kappa shape index (κ2) is 11.1. The molecule has 3 aliphatic rings.